The van der Waals surface area contributed by atoms with Crippen molar-refractivity contribution in [3.05, 3.63) is 41.8 Å². The molecule has 0 amide bonds. The summed E-state index contributed by atoms with van der Waals surface area (Å²) in [5.41, 5.74) is 0. The Labute approximate surface area is 121 Å². The van der Waals surface area contributed by atoms with Crippen molar-refractivity contribution < 1.29 is 13.2 Å². The molecule has 106 valence electrons. The SMILES string of the molecule is CCOc1ccc(S(=O)(=O)Nc2ccnc(Cl)n2)cc1. The third-order valence-electron chi connectivity index (χ3n) is 2.31. The Balaban J connectivity index is 2.21. The number of anilines is 1. The fraction of sp³-hybridized carbons (Fsp3) is 0.167. The Bertz CT molecular complexity index is 689. The molecule has 1 aromatic carbocycles. The summed E-state index contributed by atoms with van der Waals surface area (Å²) in [6, 6.07) is 7.50. The quantitative estimate of drug-likeness (QED) is 0.857. The van der Waals surface area contributed by atoms with Gasteiger partial charge in [0.1, 0.15) is 11.6 Å². The van der Waals surface area contributed by atoms with Gasteiger partial charge in [0.15, 0.2) is 0 Å². The van der Waals surface area contributed by atoms with Crippen LogP contribution in [0, 0.1) is 0 Å². The summed E-state index contributed by atoms with van der Waals surface area (Å²) in [5, 5.41) is -0.0307. The van der Waals surface area contributed by atoms with Crippen LogP contribution in [0.25, 0.3) is 0 Å². The van der Waals surface area contributed by atoms with Crippen LogP contribution >= 0.6 is 11.6 Å². The first kappa shape index (κ1) is 14.5. The van der Waals surface area contributed by atoms with Gasteiger partial charge in [-0.2, -0.15) is 4.98 Å². The lowest BCUT2D eigenvalue weighted by Gasteiger charge is -2.08. The largest absolute Gasteiger partial charge is 0.494 e. The van der Waals surface area contributed by atoms with E-state index in [2.05, 4.69) is 14.7 Å². The number of nitrogens with one attached hydrogen (secondary N) is 1. The van der Waals surface area contributed by atoms with Gasteiger partial charge in [-0.3, -0.25) is 4.72 Å². The first-order chi connectivity index (χ1) is 9.51. The van der Waals surface area contributed by atoms with Gasteiger partial charge in [0, 0.05) is 6.20 Å². The maximum absolute atomic E-state index is 12.1. The van der Waals surface area contributed by atoms with Gasteiger partial charge in [0.25, 0.3) is 10.0 Å². The maximum Gasteiger partial charge on any atom is 0.263 e. The monoisotopic (exact) mass is 313 g/mol. The van der Waals surface area contributed by atoms with E-state index < -0.39 is 10.0 Å². The summed E-state index contributed by atoms with van der Waals surface area (Å²) < 4.78 is 31.8. The van der Waals surface area contributed by atoms with Gasteiger partial charge in [-0.1, -0.05) is 0 Å². The predicted octanol–water partition coefficient (Wildman–Crippen LogP) is 2.33. The summed E-state index contributed by atoms with van der Waals surface area (Å²) in [6.07, 6.45) is 1.37. The first-order valence-electron chi connectivity index (χ1n) is 5.75. The van der Waals surface area contributed by atoms with Gasteiger partial charge in [-0.25, -0.2) is 13.4 Å². The molecular weight excluding hydrogens is 302 g/mol. The molecular formula is C12H12ClN3O3S. The molecule has 0 atom stereocenters. The van der Waals surface area contributed by atoms with Gasteiger partial charge in [-0.15, -0.1) is 0 Å². The van der Waals surface area contributed by atoms with Crippen molar-refractivity contribution in [3.8, 4) is 5.75 Å². The van der Waals surface area contributed by atoms with E-state index in [1.54, 1.807) is 12.1 Å². The highest BCUT2D eigenvalue weighted by atomic mass is 35.5. The summed E-state index contributed by atoms with van der Waals surface area (Å²) in [7, 11) is -3.72. The molecule has 8 heteroatoms. The number of benzene rings is 1. The first-order valence-corrected chi connectivity index (χ1v) is 7.61. The topological polar surface area (TPSA) is 81.2 Å². The van der Waals surface area contributed by atoms with Crippen LogP contribution in [0.2, 0.25) is 5.28 Å². The highest BCUT2D eigenvalue weighted by molar-refractivity contribution is 7.92. The van der Waals surface area contributed by atoms with Gasteiger partial charge in [-0.05, 0) is 48.9 Å². The van der Waals surface area contributed by atoms with Crippen LogP contribution in [0.5, 0.6) is 5.75 Å². The molecule has 0 bridgehead atoms. The zero-order valence-electron chi connectivity index (χ0n) is 10.6. The molecule has 1 N–H and O–H groups in total. The smallest absolute Gasteiger partial charge is 0.263 e. The van der Waals surface area contributed by atoms with Gasteiger partial charge >= 0.3 is 0 Å². The van der Waals surface area contributed by atoms with E-state index in [1.807, 2.05) is 6.92 Å². The minimum Gasteiger partial charge on any atom is -0.494 e. The molecule has 2 rings (SSSR count). The van der Waals surface area contributed by atoms with Crippen molar-refractivity contribution in [1.82, 2.24) is 9.97 Å². The van der Waals surface area contributed by atoms with Crippen LogP contribution in [-0.2, 0) is 10.0 Å². The standard InChI is InChI=1S/C12H12ClN3O3S/c1-2-19-9-3-5-10(6-4-9)20(17,18)16-11-7-8-14-12(13)15-11/h3-8H,2H2,1H3,(H,14,15,16). The summed E-state index contributed by atoms with van der Waals surface area (Å²) in [4.78, 5) is 7.55. The van der Waals surface area contributed by atoms with Crippen molar-refractivity contribution in [1.29, 1.82) is 0 Å². The van der Waals surface area contributed by atoms with E-state index in [4.69, 9.17) is 16.3 Å². The Morgan fingerprint density at radius 2 is 1.95 bits per heavy atom. The van der Waals surface area contributed by atoms with E-state index >= 15 is 0 Å². The van der Waals surface area contributed by atoms with E-state index in [0.29, 0.717) is 12.4 Å². The number of sulfonamides is 1. The van der Waals surface area contributed by atoms with Crippen LogP contribution in [0.1, 0.15) is 6.92 Å². The molecule has 0 fully saturated rings. The van der Waals surface area contributed by atoms with Crippen molar-refractivity contribution in [2.75, 3.05) is 11.3 Å². The number of ether oxygens (including phenoxy) is 1. The molecule has 1 aromatic heterocycles. The van der Waals surface area contributed by atoms with E-state index in [9.17, 15) is 8.42 Å². The minimum absolute atomic E-state index is 0.0307. The van der Waals surface area contributed by atoms with E-state index in [-0.39, 0.29) is 16.0 Å². The molecule has 0 aliphatic carbocycles. The predicted molar refractivity (Wildman–Crippen MR) is 75.5 cm³/mol. The molecule has 1 heterocycles. The highest BCUT2D eigenvalue weighted by Gasteiger charge is 2.15. The number of aromatic nitrogens is 2. The molecule has 0 aliphatic rings. The lowest BCUT2D eigenvalue weighted by atomic mass is 10.3. The molecule has 0 aliphatic heterocycles. The zero-order chi connectivity index (χ0) is 14.6. The zero-order valence-corrected chi connectivity index (χ0v) is 12.1. The lowest BCUT2D eigenvalue weighted by molar-refractivity contribution is 0.340. The second-order valence-corrected chi connectivity index (χ2v) is 5.74. The van der Waals surface area contributed by atoms with Crippen LogP contribution < -0.4 is 9.46 Å². The fourth-order valence-electron chi connectivity index (χ4n) is 1.47. The van der Waals surface area contributed by atoms with Crippen molar-refractivity contribution in [3.63, 3.8) is 0 Å². The molecule has 0 saturated carbocycles. The highest BCUT2D eigenvalue weighted by Crippen LogP contribution is 2.18. The Morgan fingerprint density at radius 3 is 2.55 bits per heavy atom. The lowest BCUT2D eigenvalue weighted by Crippen LogP contribution is -2.14. The third kappa shape index (κ3) is 3.58. The summed E-state index contributed by atoms with van der Waals surface area (Å²) in [5.74, 6) is 0.718. The van der Waals surface area contributed by atoms with E-state index in [1.165, 1.54) is 24.4 Å². The second-order valence-electron chi connectivity index (χ2n) is 3.72. The second kappa shape index (κ2) is 6.06. The summed E-state index contributed by atoms with van der Waals surface area (Å²) in [6.45, 7) is 2.37. The average Bonchev–Trinajstić information content (AvgIpc) is 2.39. The van der Waals surface area contributed by atoms with Crippen LogP contribution in [0.15, 0.2) is 41.4 Å². The number of halogens is 1. The number of nitrogens with zero attached hydrogens (tertiary/aromatic N) is 2. The normalized spacial score (nSPS) is 11.1. The van der Waals surface area contributed by atoms with Gasteiger partial charge in [0.2, 0.25) is 5.28 Å². The molecule has 0 saturated heterocycles. The fourth-order valence-corrected chi connectivity index (χ4v) is 2.62. The Hall–Kier alpha value is -1.86. The average molecular weight is 314 g/mol. The maximum atomic E-state index is 12.1. The van der Waals surface area contributed by atoms with Gasteiger partial charge in [0.05, 0.1) is 11.5 Å². The van der Waals surface area contributed by atoms with Crippen LogP contribution in [0.4, 0.5) is 5.82 Å². The summed E-state index contributed by atoms with van der Waals surface area (Å²) >= 11 is 5.60. The number of hydrogen-bond donors (Lipinski definition) is 1. The molecule has 20 heavy (non-hydrogen) atoms. The van der Waals surface area contributed by atoms with Crippen LogP contribution in [0.3, 0.4) is 0 Å². The molecule has 6 nitrogen and oxygen atoms in total. The Kier molecular flexibility index (Phi) is 4.41. The third-order valence-corrected chi connectivity index (χ3v) is 3.86. The number of hydrogen-bond acceptors (Lipinski definition) is 5. The van der Waals surface area contributed by atoms with E-state index in [0.717, 1.165) is 0 Å². The molecule has 0 spiro atoms. The van der Waals surface area contributed by atoms with Gasteiger partial charge < -0.3 is 4.74 Å². The molecule has 0 radical (unpaired) electrons. The minimum atomic E-state index is -3.72. The molecule has 2 aromatic rings. The molecule has 0 unspecified atom stereocenters. The van der Waals surface area contributed by atoms with Crippen molar-refractivity contribution >= 4 is 27.4 Å². The Morgan fingerprint density at radius 1 is 1.25 bits per heavy atom. The van der Waals surface area contributed by atoms with Crippen LogP contribution in [-0.4, -0.2) is 25.0 Å². The van der Waals surface area contributed by atoms with Crippen molar-refractivity contribution in [2.45, 2.75) is 11.8 Å². The number of rotatable bonds is 5. The van der Waals surface area contributed by atoms with Crippen molar-refractivity contribution in [2.24, 2.45) is 0 Å².